The van der Waals surface area contributed by atoms with Gasteiger partial charge in [-0.1, -0.05) is 44.1 Å². The van der Waals surface area contributed by atoms with Gasteiger partial charge in [0.15, 0.2) is 0 Å². The third-order valence-electron chi connectivity index (χ3n) is 2.42. The zero-order valence-corrected chi connectivity index (χ0v) is 11.4. The van der Waals surface area contributed by atoms with Crippen LogP contribution in [-0.4, -0.2) is 12.1 Å². The molecular formula is C15H26O2. The van der Waals surface area contributed by atoms with Crippen LogP contribution in [0.25, 0.3) is 0 Å². The average Bonchev–Trinajstić information content (AvgIpc) is 2.26. The number of allylic oxidation sites excluding steroid dienone is 3. The van der Waals surface area contributed by atoms with Gasteiger partial charge in [0.25, 0.3) is 0 Å². The molecule has 0 aromatic carbocycles. The largest absolute Gasteiger partial charge is 0.463 e. The molecule has 0 saturated carbocycles. The highest BCUT2D eigenvalue weighted by Crippen LogP contribution is 2.02. The monoisotopic (exact) mass is 238 g/mol. The van der Waals surface area contributed by atoms with E-state index in [1.165, 1.54) is 32.6 Å². The van der Waals surface area contributed by atoms with Gasteiger partial charge in [-0.05, 0) is 26.2 Å². The molecule has 0 aliphatic heterocycles. The Balaban J connectivity index is 3.44. The van der Waals surface area contributed by atoms with Crippen molar-refractivity contribution in [2.24, 2.45) is 0 Å². The summed E-state index contributed by atoms with van der Waals surface area (Å²) >= 11 is 0. The third kappa shape index (κ3) is 12.9. The number of ether oxygens (including phenoxy) is 1. The molecule has 0 saturated heterocycles. The van der Waals surface area contributed by atoms with E-state index >= 15 is 0 Å². The highest BCUT2D eigenvalue weighted by molar-refractivity contribution is 5.66. The van der Waals surface area contributed by atoms with Gasteiger partial charge in [-0.25, -0.2) is 0 Å². The number of rotatable bonds is 9. The van der Waals surface area contributed by atoms with E-state index in [1.54, 1.807) is 0 Å². The van der Waals surface area contributed by atoms with Crippen molar-refractivity contribution in [2.75, 3.05) is 0 Å². The Kier molecular flexibility index (Phi) is 10.7. The molecule has 0 fully saturated rings. The molecule has 0 radical (unpaired) electrons. The first kappa shape index (κ1) is 16.0. The van der Waals surface area contributed by atoms with Gasteiger partial charge in [-0.3, -0.25) is 4.79 Å². The second-order valence-electron chi connectivity index (χ2n) is 4.33. The molecule has 0 aromatic heterocycles. The van der Waals surface area contributed by atoms with Crippen molar-refractivity contribution < 1.29 is 9.53 Å². The average molecular weight is 238 g/mol. The number of hydrogen-bond donors (Lipinski definition) is 0. The fourth-order valence-corrected chi connectivity index (χ4v) is 1.52. The SMILES string of the molecule is CCCCC/C=C\C/C=C\C[C@H](C)OC(C)=O. The predicted molar refractivity (Wildman–Crippen MR) is 72.9 cm³/mol. The summed E-state index contributed by atoms with van der Waals surface area (Å²) in [6.07, 6.45) is 15.5. The standard InChI is InChI=1S/C15H26O2/c1-4-5-6-7-8-9-10-11-12-13-14(2)17-15(3)16/h8-9,11-12,14H,4-7,10,13H2,1-3H3/b9-8-,12-11-/t14-/m0/s1. The summed E-state index contributed by atoms with van der Waals surface area (Å²) in [5, 5.41) is 0. The summed E-state index contributed by atoms with van der Waals surface area (Å²) < 4.78 is 5.01. The maximum Gasteiger partial charge on any atom is 0.302 e. The van der Waals surface area contributed by atoms with Crippen LogP contribution in [0.3, 0.4) is 0 Å². The number of esters is 1. The van der Waals surface area contributed by atoms with E-state index in [0.717, 1.165) is 12.8 Å². The predicted octanol–water partition coefficient (Wildman–Crippen LogP) is 4.41. The molecule has 0 aromatic rings. The van der Waals surface area contributed by atoms with Gasteiger partial charge in [-0.15, -0.1) is 0 Å². The quantitative estimate of drug-likeness (QED) is 0.338. The Labute approximate surface area is 106 Å². The smallest absolute Gasteiger partial charge is 0.302 e. The number of carbonyl (C=O) groups is 1. The van der Waals surface area contributed by atoms with Crippen molar-refractivity contribution in [1.82, 2.24) is 0 Å². The molecule has 17 heavy (non-hydrogen) atoms. The molecule has 0 aliphatic carbocycles. The Hall–Kier alpha value is -1.05. The van der Waals surface area contributed by atoms with Crippen molar-refractivity contribution in [3.8, 4) is 0 Å². The molecule has 0 rings (SSSR count). The highest BCUT2D eigenvalue weighted by atomic mass is 16.5. The lowest BCUT2D eigenvalue weighted by Gasteiger charge is -2.07. The third-order valence-corrected chi connectivity index (χ3v) is 2.42. The number of hydrogen-bond acceptors (Lipinski definition) is 2. The first-order valence-corrected chi connectivity index (χ1v) is 6.64. The van der Waals surface area contributed by atoms with E-state index in [4.69, 9.17) is 4.74 Å². The van der Waals surface area contributed by atoms with E-state index in [2.05, 4.69) is 31.2 Å². The first-order valence-electron chi connectivity index (χ1n) is 6.64. The summed E-state index contributed by atoms with van der Waals surface area (Å²) in [7, 11) is 0. The van der Waals surface area contributed by atoms with Crippen LogP contribution in [0.5, 0.6) is 0 Å². The minimum Gasteiger partial charge on any atom is -0.463 e. The van der Waals surface area contributed by atoms with Crippen molar-refractivity contribution in [2.45, 2.75) is 65.4 Å². The van der Waals surface area contributed by atoms with E-state index in [1.807, 2.05) is 6.92 Å². The molecule has 98 valence electrons. The summed E-state index contributed by atoms with van der Waals surface area (Å²) in [5.41, 5.74) is 0. The summed E-state index contributed by atoms with van der Waals surface area (Å²) in [5.74, 6) is -0.207. The van der Waals surface area contributed by atoms with Crippen LogP contribution in [0.2, 0.25) is 0 Å². The van der Waals surface area contributed by atoms with Crippen LogP contribution >= 0.6 is 0 Å². The van der Waals surface area contributed by atoms with E-state index in [9.17, 15) is 4.79 Å². The molecule has 1 atom stereocenters. The maximum absolute atomic E-state index is 10.7. The molecule has 0 unspecified atom stereocenters. The number of unbranched alkanes of at least 4 members (excludes halogenated alkanes) is 3. The molecule has 0 heterocycles. The Bertz CT molecular complexity index is 241. The molecule has 2 heteroatoms. The van der Waals surface area contributed by atoms with Gasteiger partial charge in [0.2, 0.25) is 0 Å². The van der Waals surface area contributed by atoms with Crippen molar-refractivity contribution in [3.05, 3.63) is 24.3 Å². The van der Waals surface area contributed by atoms with Crippen LogP contribution in [0.15, 0.2) is 24.3 Å². The van der Waals surface area contributed by atoms with Gasteiger partial charge >= 0.3 is 5.97 Å². The second kappa shape index (κ2) is 11.4. The second-order valence-corrected chi connectivity index (χ2v) is 4.33. The Morgan fingerprint density at radius 2 is 1.88 bits per heavy atom. The molecule has 0 amide bonds. The number of carbonyl (C=O) groups excluding carboxylic acids is 1. The van der Waals surface area contributed by atoms with Crippen LogP contribution in [0.4, 0.5) is 0 Å². The van der Waals surface area contributed by atoms with Crippen molar-refractivity contribution in [3.63, 3.8) is 0 Å². The highest BCUT2D eigenvalue weighted by Gasteiger charge is 2.01. The first-order chi connectivity index (χ1) is 8.16. The van der Waals surface area contributed by atoms with Crippen LogP contribution in [0, 0.1) is 0 Å². The van der Waals surface area contributed by atoms with Gasteiger partial charge in [0.05, 0.1) is 0 Å². The van der Waals surface area contributed by atoms with E-state index in [-0.39, 0.29) is 12.1 Å². The lowest BCUT2D eigenvalue weighted by Crippen LogP contribution is -2.10. The molecule has 0 bridgehead atoms. The van der Waals surface area contributed by atoms with Gasteiger partial charge in [-0.2, -0.15) is 0 Å². The molecular weight excluding hydrogens is 212 g/mol. The summed E-state index contributed by atoms with van der Waals surface area (Å²) in [6.45, 7) is 5.57. The lowest BCUT2D eigenvalue weighted by atomic mass is 10.2. The normalized spacial score (nSPS) is 13.4. The molecule has 0 aliphatic rings. The van der Waals surface area contributed by atoms with Crippen molar-refractivity contribution >= 4 is 5.97 Å². The Morgan fingerprint density at radius 1 is 1.18 bits per heavy atom. The summed E-state index contributed by atoms with van der Waals surface area (Å²) in [4.78, 5) is 10.7. The molecule has 2 nitrogen and oxygen atoms in total. The lowest BCUT2D eigenvalue weighted by molar-refractivity contribution is -0.145. The Morgan fingerprint density at radius 3 is 2.53 bits per heavy atom. The van der Waals surface area contributed by atoms with E-state index < -0.39 is 0 Å². The zero-order chi connectivity index (χ0) is 12.9. The molecule has 0 spiro atoms. The minimum atomic E-state index is -0.207. The zero-order valence-electron chi connectivity index (χ0n) is 11.4. The summed E-state index contributed by atoms with van der Waals surface area (Å²) in [6, 6.07) is 0. The van der Waals surface area contributed by atoms with Crippen LogP contribution in [0.1, 0.15) is 59.3 Å². The van der Waals surface area contributed by atoms with Gasteiger partial charge < -0.3 is 4.74 Å². The van der Waals surface area contributed by atoms with Crippen molar-refractivity contribution in [1.29, 1.82) is 0 Å². The van der Waals surface area contributed by atoms with Crippen LogP contribution in [-0.2, 0) is 9.53 Å². The van der Waals surface area contributed by atoms with E-state index in [0.29, 0.717) is 0 Å². The van der Waals surface area contributed by atoms with Gasteiger partial charge in [0, 0.05) is 13.3 Å². The van der Waals surface area contributed by atoms with Crippen LogP contribution < -0.4 is 0 Å². The fraction of sp³-hybridized carbons (Fsp3) is 0.667. The minimum absolute atomic E-state index is 0.0164. The maximum atomic E-state index is 10.7. The fourth-order valence-electron chi connectivity index (χ4n) is 1.52. The van der Waals surface area contributed by atoms with Gasteiger partial charge in [0.1, 0.15) is 6.10 Å². The molecule has 0 N–H and O–H groups in total. The topological polar surface area (TPSA) is 26.3 Å².